The molecule has 98 valence electrons. The first-order chi connectivity index (χ1) is 8.38. The van der Waals surface area contributed by atoms with E-state index in [0.717, 1.165) is 38.7 Å². The van der Waals surface area contributed by atoms with Gasteiger partial charge in [-0.05, 0) is 12.8 Å². The SMILES string of the molecule is CCCCNc1nccn1CCOCCCC. The summed E-state index contributed by atoms with van der Waals surface area (Å²) in [6, 6.07) is 0. The summed E-state index contributed by atoms with van der Waals surface area (Å²) in [5.41, 5.74) is 0. The molecule has 0 saturated heterocycles. The number of ether oxygens (including phenoxy) is 1. The topological polar surface area (TPSA) is 39.1 Å². The van der Waals surface area contributed by atoms with E-state index in [4.69, 9.17) is 4.74 Å². The Balaban J connectivity index is 2.20. The Kier molecular flexibility index (Phi) is 7.47. The molecule has 0 aromatic carbocycles. The van der Waals surface area contributed by atoms with E-state index in [1.54, 1.807) is 0 Å². The molecule has 1 rings (SSSR count). The van der Waals surface area contributed by atoms with Gasteiger partial charge < -0.3 is 14.6 Å². The van der Waals surface area contributed by atoms with Crippen LogP contribution in [0.2, 0.25) is 0 Å². The molecule has 1 aromatic heterocycles. The Labute approximate surface area is 104 Å². The van der Waals surface area contributed by atoms with Crippen LogP contribution < -0.4 is 5.32 Å². The van der Waals surface area contributed by atoms with Gasteiger partial charge in [0, 0.05) is 32.1 Å². The van der Waals surface area contributed by atoms with Crippen LogP contribution >= 0.6 is 0 Å². The zero-order valence-corrected chi connectivity index (χ0v) is 11.1. The van der Waals surface area contributed by atoms with Crippen molar-refractivity contribution in [2.45, 2.75) is 46.1 Å². The molecule has 1 aromatic rings. The van der Waals surface area contributed by atoms with Crippen molar-refractivity contribution in [2.75, 3.05) is 25.1 Å². The smallest absolute Gasteiger partial charge is 0.202 e. The summed E-state index contributed by atoms with van der Waals surface area (Å²) < 4.78 is 7.66. The first-order valence-electron chi connectivity index (χ1n) is 6.71. The number of nitrogens with zero attached hydrogens (tertiary/aromatic N) is 2. The van der Waals surface area contributed by atoms with Crippen LogP contribution in [0.4, 0.5) is 5.95 Å². The highest BCUT2D eigenvalue weighted by Crippen LogP contribution is 2.04. The van der Waals surface area contributed by atoms with E-state index < -0.39 is 0 Å². The van der Waals surface area contributed by atoms with Crippen molar-refractivity contribution in [2.24, 2.45) is 0 Å². The minimum Gasteiger partial charge on any atom is -0.380 e. The highest BCUT2D eigenvalue weighted by molar-refractivity contribution is 5.25. The average Bonchev–Trinajstić information content (AvgIpc) is 2.77. The maximum absolute atomic E-state index is 5.55. The summed E-state index contributed by atoms with van der Waals surface area (Å²) >= 11 is 0. The molecule has 4 heteroatoms. The molecule has 0 fully saturated rings. The number of hydrogen-bond donors (Lipinski definition) is 1. The highest BCUT2D eigenvalue weighted by atomic mass is 16.5. The second kappa shape index (κ2) is 9.05. The van der Waals surface area contributed by atoms with Crippen molar-refractivity contribution in [3.05, 3.63) is 12.4 Å². The van der Waals surface area contributed by atoms with Crippen LogP contribution in [0.25, 0.3) is 0 Å². The Hall–Kier alpha value is -1.03. The van der Waals surface area contributed by atoms with Crippen LogP contribution in [0.5, 0.6) is 0 Å². The van der Waals surface area contributed by atoms with Crippen molar-refractivity contribution < 1.29 is 4.74 Å². The predicted molar refractivity (Wildman–Crippen MR) is 71.4 cm³/mol. The molecular weight excluding hydrogens is 214 g/mol. The summed E-state index contributed by atoms with van der Waals surface area (Å²) in [6.07, 6.45) is 8.55. The fourth-order valence-electron chi connectivity index (χ4n) is 1.55. The van der Waals surface area contributed by atoms with Crippen molar-refractivity contribution in [1.29, 1.82) is 0 Å². The maximum Gasteiger partial charge on any atom is 0.202 e. The van der Waals surface area contributed by atoms with Gasteiger partial charge in [-0.25, -0.2) is 4.98 Å². The second-order valence-corrected chi connectivity index (χ2v) is 4.19. The maximum atomic E-state index is 5.55. The third-order valence-corrected chi connectivity index (χ3v) is 2.65. The molecule has 17 heavy (non-hydrogen) atoms. The second-order valence-electron chi connectivity index (χ2n) is 4.19. The fourth-order valence-corrected chi connectivity index (χ4v) is 1.55. The van der Waals surface area contributed by atoms with Crippen LogP contribution in [0, 0.1) is 0 Å². The van der Waals surface area contributed by atoms with E-state index >= 15 is 0 Å². The summed E-state index contributed by atoms with van der Waals surface area (Å²) in [6.45, 7) is 7.86. The van der Waals surface area contributed by atoms with Gasteiger partial charge in [0.1, 0.15) is 0 Å². The van der Waals surface area contributed by atoms with Gasteiger partial charge in [-0.3, -0.25) is 0 Å². The number of imidazole rings is 1. The van der Waals surface area contributed by atoms with Crippen LogP contribution in [-0.2, 0) is 11.3 Å². The molecule has 0 atom stereocenters. The lowest BCUT2D eigenvalue weighted by molar-refractivity contribution is 0.124. The third-order valence-electron chi connectivity index (χ3n) is 2.65. The van der Waals surface area contributed by atoms with Crippen molar-refractivity contribution >= 4 is 5.95 Å². The van der Waals surface area contributed by atoms with Crippen LogP contribution in [0.15, 0.2) is 12.4 Å². The number of hydrogen-bond acceptors (Lipinski definition) is 3. The van der Waals surface area contributed by atoms with E-state index in [1.165, 1.54) is 19.3 Å². The predicted octanol–water partition coefficient (Wildman–Crippen LogP) is 2.91. The normalized spacial score (nSPS) is 10.7. The van der Waals surface area contributed by atoms with Gasteiger partial charge in [0.2, 0.25) is 5.95 Å². The van der Waals surface area contributed by atoms with Gasteiger partial charge in [-0.15, -0.1) is 0 Å². The zero-order valence-electron chi connectivity index (χ0n) is 11.1. The first kappa shape index (κ1) is 14.0. The monoisotopic (exact) mass is 239 g/mol. The Morgan fingerprint density at radius 3 is 2.82 bits per heavy atom. The van der Waals surface area contributed by atoms with Crippen LogP contribution in [-0.4, -0.2) is 29.3 Å². The van der Waals surface area contributed by atoms with E-state index in [0.29, 0.717) is 0 Å². The van der Waals surface area contributed by atoms with E-state index in [2.05, 4.69) is 28.7 Å². The van der Waals surface area contributed by atoms with E-state index in [1.807, 2.05) is 12.4 Å². The lowest BCUT2D eigenvalue weighted by Gasteiger charge is -2.09. The van der Waals surface area contributed by atoms with E-state index in [-0.39, 0.29) is 0 Å². The molecule has 0 aliphatic rings. The minimum atomic E-state index is 0.763. The van der Waals surface area contributed by atoms with Crippen LogP contribution in [0.1, 0.15) is 39.5 Å². The number of anilines is 1. The molecule has 0 spiro atoms. The van der Waals surface area contributed by atoms with Gasteiger partial charge in [0.05, 0.1) is 6.61 Å². The summed E-state index contributed by atoms with van der Waals surface area (Å²) in [5.74, 6) is 0.956. The Morgan fingerprint density at radius 2 is 2.06 bits per heavy atom. The molecule has 1 heterocycles. The molecule has 0 bridgehead atoms. The zero-order chi connectivity index (χ0) is 12.3. The highest BCUT2D eigenvalue weighted by Gasteiger charge is 2.00. The molecule has 0 aliphatic heterocycles. The van der Waals surface area contributed by atoms with Crippen LogP contribution in [0.3, 0.4) is 0 Å². The van der Waals surface area contributed by atoms with Crippen molar-refractivity contribution in [3.8, 4) is 0 Å². The molecule has 0 saturated carbocycles. The summed E-state index contributed by atoms with van der Waals surface area (Å²) in [4.78, 5) is 4.30. The lowest BCUT2D eigenvalue weighted by atomic mass is 10.3. The molecule has 4 nitrogen and oxygen atoms in total. The standard InChI is InChI=1S/C13H25N3O/c1-3-5-7-14-13-15-8-9-16(13)10-12-17-11-6-4-2/h8-9H,3-7,10-12H2,1-2H3,(H,14,15). The van der Waals surface area contributed by atoms with Gasteiger partial charge in [-0.2, -0.15) is 0 Å². The summed E-state index contributed by atoms with van der Waals surface area (Å²) in [5, 5.41) is 3.34. The molecule has 0 radical (unpaired) electrons. The molecule has 0 aliphatic carbocycles. The summed E-state index contributed by atoms with van der Waals surface area (Å²) in [7, 11) is 0. The Bertz CT molecular complexity index is 286. The van der Waals surface area contributed by atoms with Gasteiger partial charge in [0.15, 0.2) is 0 Å². The molecule has 0 amide bonds. The Morgan fingerprint density at radius 1 is 1.24 bits per heavy atom. The molecular formula is C13H25N3O. The molecule has 0 unspecified atom stereocenters. The molecule has 1 N–H and O–H groups in total. The first-order valence-corrected chi connectivity index (χ1v) is 6.71. The van der Waals surface area contributed by atoms with Gasteiger partial charge in [-0.1, -0.05) is 26.7 Å². The van der Waals surface area contributed by atoms with E-state index in [9.17, 15) is 0 Å². The van der Waals surface area contributed by atoms with Crippen molar-refractivity contribution in [3.63, 3.8) is 0 Å². The quantitative estimate of drug-likeness (QED) is 0.638. The third kappa shape index (κ3) is 5.73. The largest absolute Gasteiger partial charge is 0.380 e. The number of unbranched alkanes of at least 4 members (excludes halogenated alkanes) is 2. The van der Waals surface area contributed by atoms with Gasteiger partial charge >= 0.3 is 0 Å². The average molecular weight is 239 g/mol. The lowest BCUT2D eigenvalue weighted by Crippen LogP contribution is -2.11. The number of nitrogens with one attached hydrogen (secondary N) is 1. The van der Waals surface area contributed by atoms with Gasteiger partial charge in [0.25, 0.3) is 0 Å². The minimum absolute atomic E-state index is 0.763. The number of aromatic nitrogens is 2. The fraction of sp³-hybridized carbons (Fsp3) is 0.769. The number of rotatable bonds is 10. The van der Waals surface area contributed by atoms with Crippen molar-refractivity contribution in [1.82, 2.24) is 9.55 Å².